The van der Waals surface area contributed by atoms with E-state index in [1.807, 2.05) is 0 Å². The Morgan fingerprint density at radius 3 is 2.76 bits per heavy atom. The van der Waals surface area contributed by atoms with E-state index in [0.29, 0.717) is 5.92 Å². The van der Waals surface area contributed by atoms with Crippen LogP contribution in [0.25, 0.3) is 0 Å². The third kappa shape index (κ3) is 1.78. The molecule has 0 bridgehead atoms. The van der Waals surface area contributed by atoms with Crippen LogP contribution >= 0.6 is 0 Å². The lowest BCUT2D eigenvalue weighted by molar-refractivity contribution is 0.821. The number of fused-ring (bicyclic) bond motifs is 2. The van der Waals surface area contributed by atoms with Gasteiger partial charge in [-0.1, -0.05) is 19.9 Å². The first-order chi connectivity index (χ1) is 8.13. The molecule has 1 aliphatic rings. The summed E-state index contributed by atoms with van der Waals surface area (Å²) in [6, 6.07) is 6.66. The summed E-state index contributed by atoms with van der Waals surface area (Å²) in [5.74, 6) is 0.568. The molecule has 0 radical (unpaired) electrons. The maximum absolute atomic E-state index is 4.65. The molecule has 1 N–H and O–H groups in total. The van der Waals surface area contributed by atoms with Gasteiger partial charge in [0.25, 0.3) is 0 Å². The van der Waals surface area contributed by atoms with E-state index >= 15 is 0 Å². The number of hydrogen-bond acceptors (Lipinski definition) is 1. The summed E-state index contributed by atoms with van der Waals surface area (Å²) >= 11 is 0. The largest absolute Gasteiger partial charge is 0.361 e. The Hall–Kier alpha value is -1.57. The molecule has 0 saturated carbocycles. The van der Waals surface area contributed by atoms with Crippen LogP contribution in [-0.4, -0.2) is 9.97 Å². The summed E-state index contributed by atoms with van der Waals surface area (Å²) in [5.41, 5.74) is 7.90. The van der Waals surface area contributed by atoms with Gasteiger partial charge in [0.2, 0.25) is 0 Å². The fraction of sp³-hybridized carbons (Fsp3) is 0.400. The molecule has 2 aromatic heterocycles. The fourth-order valence-corrected chi connectivity index (χ4v) is 2.52. The van der Waals surface area contributed by atoms with Gasteiger partial charge in [0.15, 0.2) is 0 Å². The van der Waals surface area contributed by atoms with Gasteiger partial charge < -0.3 is 4.98 Å². The van der Waals surface area contributed by atoms with Gasteiger partial charge in [0.1, 0.15) is 0 Å². The van der Waals surface area contributed by atoms with Crippen molar-refractivity contribution in [2.24, 2.45) is 0 Å². The first kappa shape index (κ1) is 10.6. The summed E-state index contributed by atoms with van der Waals surface area (Å²) in [4.78, 5) is 8.20. The summed E-state index contributed by atoms with van der Waals surface area (Å²) in [7, 11) is 0. The molecule has 0 saturated heterocycles. The summed E-state index contributed by atoms with van der Waals surface area (Å²) in [5, 5.41) is 0. The molecule has 2 aromatic rings. The highest BCUT2D eigenvalue weighted by molar-refractivity contribution is 5.42. The number of nitrogens with zero attached hydrogens (tertiary/aromatic N) is 1. The minimum atomic E-state index is 0.568. The van der Waals surface area contributed by atoms with Gasteiger partial charge >= 0.3 is 0 Å². The lowest BCUT2D eigenvalue weighted by Gasteiger charge is -2.15. The molecule has 0 unspecified atom stereocenters. The Morgan fingerprint density at radius 2 is 2.00 bits per heavy atom. The van der Waals surface area contributed by atoms with Crippen LogP contribution in [-0.2, 0) is 12.8 Å². The van der Waals surface area contributed by atoms with Gasteiger partial charge in [0.05, 0.1) is 5.69 Å². The van der Waals surface area contributed by atoms with Crippen molar-refractivity contribution in [3.8, 4) is 0 Å². The van der Waals surface area contributed by atoms with Crippen molar-refractivity contribution in [2.45, 2.75) is 39.5 Å². The van der Waals surface area contributed by atoms with Gasteiger partial charge in [-0.05, 0) is 36.1 Å². The maximum atomic E-state index is 4.65. The number of aromatic nitrogens is 2. The molecular weight excluding hydrogens is 208 g/mol. The second-order valence-electron chi connectivity index (χ2n) is 5.30. The predicted molar refractivity (Wildman–Crippen MR) is 69.5 cm³/mol. The summed E-state index contributed by atoms with van der Waals surface area (Å²) in [6.07, 6.45) is 1.99. The quantitative estimate of drug-likeness (QED) is 0.677. The Kier molecular flexibility index (Phi) is 2.32. The highest BCUT2D eigenvalue weighted by Crippen LogP contribution is 2.28. The SMILES string of the molecule is Cc1ccc2c(n1)Cc1[nH]c(C(C)C)cc1C2. The van der Waals surface area contributed by atoms with E-state index in [2.05, 4.69) is 48.9 Å². The molecule has 3 rings (SSSR count). The van der Waals surface area contributed by atoms with E-state index in [4.69, 9.17) is 0 Å². The van der Waals surface area contributed by atoms with Gasteiger partial charge in [0, 0.05) is 29.9 Å². The van der Waals surface area contributed by atoms with E-state index in [1.165, 1.54) is 28.2 Å². The molecular formula is C15H18N2. The Bertz CT molecular complexity index is 564. The average Bonchev–Trinajstić information content (AvgIpc) is 2.68. The zero-order valence-corrected chi connectivity index (χ0v) is 10.7. The molecule has 0 aliphatic heterocycles. The molecule has 0 fully saturated rings. The Balaban J connectivity index is 2.02. The van der Waals surface area contributed by atoms with E-state index in [0.717, 1.165) is 18.5 Å². The second-order valence-corrected chi connectivity index (χ2v) is 5.30. The van der Waals surface area contributed by atoms with Crippen LogP contribution in [0.4, 0.5) is 0 Å². The number of rotatable bonds is 1. The normalized spacial score (nSPS) is 13.6. The highest BCUT2D eigenvalue weighted by atomic mass is 14.8. The third-order valence-electron chi connectivity index (χ3n) is 3.57. The van der Waals surface area contributed by atoms with Gasteiger partial charge in [-0.3, -0.25) is 4.98 Å². The van der Waals surface area contributed by atoms with Crippen molar-refractivity contribution in [1.29, 1.82) is 0 Å². The molecule has 0 aromatic carbocycles. The molecule has 0 atom stereocenters. The van der Waals surface area contributed by atoms with Crippen LogP contribution in [0, 0.1) is 6.92 Å². The zero-order chi connectivity index (χ0) is 12.0. The van der Waals surface area contributed by atoms with Crippen LogP contribution in [0.5, 0.6) is 0 Å². The number of H-pyrrole nitrogens is 1. The first-order valence-corrected chi connectivity index (χ1v) is 6.29. The Morgan fingerprint density at radius 1 is 1.18 bits per heavy atom. The van der Waals surface area contributed by atoms with Crippen LogP contribution in [0.1, 0.15) is 53.7 Å². The van der Waals surface area contributed by atoms with Crippen LogP contribution in [0.3, 0.4) is 0 Å². The fourth-order valence-electron chi connectivity index (χ4n) is 2.52. The van der Waals surface area contributed by atoms with Gasteiger partial charge in [-0.15, -0.1) is 0 Å². The van der Waals surface area contributed by atoms with Crippen molar-refractivity contribution >= 4 is 0 Å². The first-order valence-electron chi connectivity index (χ1n) is 6.29. The monoisotopic (exact) mass is 226 g/mol. The summed E-state index contributed by atoms with van der Waals surface area (Å²) < 4.78 is 0. The molecule has 2 heteroatoms. The maximum Gasteiger partial charge on any atom is 0.0500 e. The Labute approximate surface area is 102 Å². The molecule has 2 heterocycles. The van der Waals surface area contributed by atoms with Crippen molar-refractivity contribution in [1.82, 2.24) is 9.97 Å². The van der Waals surface area contributed by atoms with Crippen molar-refractivity contribution < 1.29 is 0 Å². The van der Waals surface area contributed by atoms with Crippen LogP contribution < -0.4 is 0 Å². The van der Waals surface area contributed by atoms with Crippen molar-refractivity contribution in [3.63, 3.8) is 0 Å². The molecule has 0 spiro atoms. The van der Waals surface area contributed by atoms with E-state index in [9.17, 15) is 0 Å². The van der Waals surface area contributed by atoms with Crippen molar-refractivity contribution in [3.05, 3.63) is 52.1 Å². The lowest BCUT2D eigenvalue weighted by atomic mass is 9.93. The number of aromatic amines is 1. The summed E-state index contributed by atoms with van der Waals surface area (Å²) in [6.45, 7) is 6.52. The van der Waals surface area contributed by atoms with Gasteiger partial charge in [-0.2, -0.15) is 0 Å². The van der Waals surface area contributed by atoms with Crippen LogP contribution in [0.2, 0.25) is 0 Å². The minimum Gasteiger partial charge on any atom is -0.361 e. The van der Waals surface area contributed by atoms with Crippen molar-refractivity contribution in [2.75, 3.05) is 0 Å². The number of pyridine rings is 1. The minimum absolute atomic E-state index is 0.568. The van der Waals surface area contributed by atoms with E-state index in [1.54, 1.807) is 0 Å². The average molecular weight is 226 g/mol. The number of hydrogen-bond donors (Lipinski definition) is 1. The number of nitrogens with one attached hydrogen (secondary N) is 1. The lowest BCUT2D eigenvalue weighted by Crippen LogP contribution is -2.08. The molecule has 2 nitrogen and oxygen atoms in total. The standard InChI is InChI=1S/C15H18N2/c1-9(2)13-7-12-6-11-5-4-10(3)16-14(11)8-15(12)17-13/h4-5,7,9,17H,6,8H2,1-3H3. The van der Waals surface area contributed by atoms with E-state index in [-0.39, 0.29) is 0 Å². The second kappa shape index (κ2) is 3.73. The van der Waals surface area contributed by atoms with Gasteiger partial charge in [-0.25, -0.2) is 0 Å². The smallest absolute Gasteiger partial charge is 0.0500 e. The molecule has 88 valence electrons. The molecule has 17 heavy (non-hydrogen) atoms. The highest BCUT2D eigenvalue weighted by Gasteiger charge is 2.19. The predicted octanol–water partition coefficient (Wildman–Crippen LogP) is 3.34. The van der Waals surface area contributed by atoms with Crippen LogP contribution in [0.15, 0.2) is 18.2 Å². The molecule has 0 amide bonds. The molecule has 1 aliphatic carbocycles. The topological polar surface area (TPSA) is 28.7 Å². The zero-order valence-electron chi connectivity index (χ0n) is 10.7. The third-order valence-corrected chi connectivity index (χ3v) is 3.57. The number of aryl methyl sites for hydroxylation is 1. The van der Waals surface area contributed by atoms with E-state index < -0.39 is 0 Å².